The van der Waals surface area contributed by atoms with Gasteiger partial charge in [0, 0.05) is 30.7 Å². The van der Waals surface area contributed by atoms with Gasteiger partial charge in [0.05, 0.1) is 19.6 Å². The van der Waals surface area contributed by atoms with Crippen molar-refractivity contribution in [1.29, 1.82) is 0 Å². The Kier molecular flexibility index (Phi) is 4.66. The summed E-state index contributed by atoms with van der Waals surface area (Å²) < 4.78 is 5.34. The highest BCUT2D eigenvalue weighted by Crippen LogP contribution is 2.68. The van der Waals surface area contributed by atoms with Gasteiger partial charge in [-0.15, -0.1) is 0 Å². The van der Waals surface area contributed by atoms with Crippen molar-refractivity contribution in [3.8, 4) is 5.75 Å². The second-order valence-corrected chi connectivity index (χ2v) is 7.57. The number of β-amino-alcohol motifs (C(OH)–C–C–N with tert-alkyl or cyclic N) is 1. The molecule has 0 radical (unpaired) electrons. The van der Waals surface area contributed by atoms with Gasteiger partial charge in [0.1, 0.15) is 5.75 Å². The van der Waals surface area contributed by atoms with Crippen LogP contribution >= 0.6 is 0 Å². The number of ether oxygens (including phenoxy) is 1. The molecule has 142 valence electrons. The van der Waals surface area contributed by atoms with E-state index in [9.17, 15) is 15.0 Å². The third-order valence-corrected chi connectivity index (χ3v) is 6.28. The zero-order chi connectivity index (χ0) is 19.0. The van der Waals surface area contributed by atoms with Crippen LogP contribution in [0.2, 0.25) is 0 Å². The third-order valence-electron chi connectivity index (χ3n) is 6.28. The Morgan fingerprint density at radius 1 is 1.19 bits per heavy atom. The van der Waals surface area contributed by atoms with Crippen LogP contribution in [0.3, 0.4) is 0 Å². The Balaban J connectivity index is 1.52. The van der Waals surface area contributed by atoms with Crippen LogP contribution in [0.25, 0.3) is 0 Å². The molecule has 0 aromatic heterocycles. The molecular weight excluding hydrogens is 342 g/mol. The minimum atomic E-state index is -0.624. The summed E-state index contributed by atoms with van der Waals surface area (Å²) in [4.78, 5) is 14.6. The van der Waals surface area contributed by atoms with Gasteiger partial charge in [-0.05, 0) is 23.5 Å². The van der Waals surface area contributed by atoms with E-state index in [-0.39, 0.29) is 30.8 Å². The fourth-order valence-corrected chi connectivity index (χ4v) is 4.88. The largest absolute Gasteiger partial charge is 0.496 e. The number of carbonyl (C=O) groups is 1. The monoisotopic (exact) mass is 367 g/mol. The van der Waals surface area contributed by atoms with Gasteiger partial charge >= 0.3 is 0 Å². The van der Waals surface area contributed by atoms with Crippen molar-refractivity contribution >= 4 is 5.91 Å². The maximum atomic E-state index is 12.9. The molecule has 2 aromatic rings. The van der Waals surface area contributed by atoms with E-state index in [1.807, 2.05) is 54.6 Å². The highest BCUT2D eigenvalue weighted by molar-refractivity contribution is 5.80. The Labute approximate surface area is 159 Å². The average molecular weight is 367 g/mol. The lowest BCUT2D eigenvalue weighted by Gasteiger charge is -2.17. The molecule has 1 saturated carbocycles. The summed E-state index contributed by atoms with van der Waals surface area (Å²) in [6.07, 6.45) is -0.381. The van der Waals surface area contributed by atoms with Gasteiger partial charge in [-0.25, -0.2) is 0 Å². The second-order valence-electron chi connectivity index (χ2n) is 7.57. The van der Waals surface area contributed by atoms with E-state index in [1.165, 1.54) is 0 Å². The van der Waals surface area contributed by atoms with E-state index in [4.69, 9.17) is 4.74 Å². The SMILES string of the molecule is COc1ccccc1CC(=O)N1C[C@H](O)[C@@]2(C1)[C@H](CO)[C@H]2c1ccccc1. The molecule has 2 aliphatic rings. The Morgan fingerprint density at radius 3 is 2.59 bits per heavy atom. The molecule has 4 atom stereocenters. The summed E-state index contributed by atoms with van der Waals surface area (Å²) in [5, 5.41) is 20.7. The summed E-state index contributed by atoms with van der Waals surface area (Å²) in [6.45, 7) is 0.811. The van der Waals surface area contributed by atoms with Crippen LogP contribution in [0.4, 0.5) is 0 Å². The molecule has 0 unspecified atom stereocenters. The van der Waals surface area contributed by atoms with Gasteiger partial charge in [-0.2, -0.15) is 0 Å². The van der Waals surface area contributed by atoms with E-state index < -0.39 is 11.5 Å². The first kappa shape index (κ1) is 18.0. The summed E-state index contributed by atoms with van der Waals surface area (Å²) in [5.74, 6) is 0.745. The minimum absolute atomic E-state index is 0.0149. The zero-order valence-electron chi connectivity index (χ0n) is 15.4. The fraction of sp³-hybridized carbons (Fsp3) is 0.409. The molecular formula is C22H25NO4. The normalized spacial score (nSPS) is 29.1. The summed E-state index contributed by atoms with van der Waals surface area (Å²) in [7, 11) is 1.60. The molecule has 5 nitrogen and oxygen atoms in total. The number of aliphatic hydroxyl groups is 2. The van der Waals surface area contributed by atoms with Gasteiger partial charge in [-0.1, -0.05) is 48.5 Å². The first-order valence-corrected chi connectivity index (χ1v) is 9.35. The molecule has 1 aliphatic heterocycles. The van der Waals surface area contributed by atoms with Crippen LogP contribution in [0.1, 0.15) is 17.0 Å². The molecule has 4 rings (SSSR count). The predicted octanol–water partition coefficient (Wildman–Crippen LogP) is 1.83. The zero-order valence-corrected chi connectivity index (χ0v) is 15.4. The standard InChI is InChI=1S/C22H25NO4/c1-27-18-10-6-5-9-16(18)11-20(26)23-12-19(25)22(14-23)17(13-24)21(22)15-7-3-2-4-8-15/h2-10,17,19,21,24-25H,11-14H2,1H3/t17-,19+,21-,22-/m1/s1. The highest BCUT2D eigenvalue weighted by Gasteiger charge is 2.71. The molecule has 1 spiro atoms. The number of benzene rings is 2. The van der Waals surface area contributed by atoms with E-state index in [1.54, 1.807) is 12.0 Å². The van der Waals surface area contributed by atoms with Crippen molar-refractivity contribution in [2.75, 3.05) is 26.8 Å². The van der Waals surface area contributed by atoms with Gasteiger partial charge in [0.2, 0.25) is 5.91 Å². The minimum Gasteiger partial charge on any atom is -0.496 e. The Morgan fingerprint density at radius 2 is 1.89 bits per heavy atom. The lowest BCUT2D eigenvalue weighted by atomic mass is 9.95. The summed E-state index contributed by atoms with van der Waals surface area (Å²) in [5.41, 5.74) is 1.52. The second kappa shape index (κ2) is 6.98. The van der Waals surface area contributed by atoms with Crippen molar-refractivity contribution in [2.45, 2.75) is 18.4 Å². The van der Waals surface area contributed by atoms with Gasteiger partial charge in [0.15, 0.2) is 0 Å². The lowest BCUT2D eigenvalue weighted by Crippen LogP contribution is -2.31. The van der Waals surface area contributed by atoms with Crippen molar-refractivity contribution < 1.29 is 19.7 Å². The number of hydrogen-bond acceptors (Lipinski definition) is 4. The van der Waals surface area contributed by atoms with Crippen LogP contribution in [-0.4, -0.2) is 53.9 Å². The molecule has 27 heavy (non-hydrogen) atoms. The molecule has 2 N–H and O–H groups in total. The number of likely N-dealkylation sites (tertiary alicyclic amines) is 1. The van der Waals surface area contributed by atoms with Crippen LogP contribution in [-0.2, 0) is 11.2 Å². The number of rotatable bonds is 5. The fourth-order valence-electron chi connectivity index (χ4n) is 4.88. The van der Waals surface area contributed by atoms with Gasteiger partial charge in [0.25, 0.3) is 0 Å². The predicted molar refractivity (Wildman–Crippen MR) is 101 cm³/mol. The molecule has 2 fully saturated rings. The quantitative estimate of drug-likeness (QED) is 0.846. The maximum absolute atomic E-state index is 12.9. The highest BCUT2D eigenvalue weighted by atomic mass is 16.5. The van der Waals surface area contributed by atoms with Crippen molar-refractivity contribution in [3.63, 3.8) is 0 Å². The van der Waals surface area contributed by atoms with Crippen LogP contribution in [0.5, 0.6) is 5.75 Å². The number of hydrogen-bond donors (Lipinski definition) is 2. The van der Waals surface area contributed by atoms with E-state index in [2.05, 4.69) is 0 Å². The number of methoxy groups -OCH3 is 1. The number of aliphatic hydroxyl groups excluding tert-OH is 2. The molecule has 0 bridgehead atoms. The molecule has 1 heterocycles. The molecule has 5 heteroatoms. The average Bonchev–Trinajstić information content (AvgIpc) is 3.23. The van der Waals surface area contributed by atoms with E-state index in [0.29, 0.717) is 18.8 Å². The van der Waals surface area contributed by atoms with Crippen molar-refractivity contribution in [3.05, 3.63) is 65.7 Å². The van der Waals surface area contributed by atoms with E-state index in [0.717, 1.165) is 11.1 Å². The van der Waals surface area contributed by atoms with Crippen LogP contribution < -0.4 is 4.74 Å². The van der Waals surface area contributed by atoms with Crippen molar-refractivity contribution in [2.24, 2.45) is 11.3 Å². The maximum Gasteiger partial charge on any atom is 0.227 e. The topological polar surface area (TPSA) is 70.0 Å². The van der Waals surface area contributed by atoms with E-state index >= 15 is 0 Å². The number of para-hydroxylation sites is 1. The first-order valence-electron chi connectivity index (χ1n) is 9.35. The Bertz CT molecular complexity index is 824. The molecule has 1 amide bonds. The summed E-state index contributed by atoms with van der Waals surface area (Å²) in [6, 6.07) is 17.5. The Hall–Kier alpha value is -2.37. The lowest BCUT2D eigenvalue weighted by molar-refractivity contribution is -0.129. The summed E-state index contributed by atoms with van der Waals surface area (Å²) >= 11 is 0. The van der Waals surface area contributed by atoms with Gasteiger partial charge in [-0.3, -0.25) is 4.79 Å². The van der Waals surface area contributed by atoms with Crippen LogP contribution in [0.15, 0.2) is 54.6 Å². The van der Waals surface area contributed by atoms with Gasteiger partial charge < -0.3 is 19.8 Å². The third kappa shape index (κ3) is 2.91. The van der Waals surface area contributed by atoms with Crippen molar-refractivity contribution in [1.82, 2.24) is 4.90 Å². The molecule has 1 aliphatic carbocycles. The number of nitrogens with zero attached hydrogens (tertiary/aromatic N) is 1. The molecule has 1 saturated heterocycles. The number of carbonyl (C=O) groups excluding carboxylic acids is 1. The van der Waals surface area contributed by atoms with Crippen LogP contribution in [0, 0.1) is 11.3 Å². The molecule has 2 aromatic carbocycles. The first-order chi connectivity index (χ1) is 13.1. The number of amides is 1. The smallest absolute Gasteiger partial charge is 0.227 e.